The lowest BCUT2D eigenvalue weighted by Crippen LogP contribution is -2.14. The molecule has 0 aliphatic carbocycles. The molecule has 31 heavy (non-hydrogen) atoms. The standard InChI is InChI=1S/C24H20ClN3O3/c1-14-6-4-5-7-21(14)27-23(29)19(13-26)11-18-10-15(2)28(16(18)3)22-12-17(24(30)31)8-9-20(22)25/h4-12H,1-3H3,(H,27,29)(H,30,31)/b19-11+. The van der Waals surface area contributed by atoms with Crippen molar-refractivity contribution in [2.75, 3.05) is 5.32 Å². The smallest absolute Gasteiger partial charge is 0.335 e. The first-order valence-electron chi connectivity index (χ1n) is 9.44. The van der Waals surface area contributed by atoms with Crippen molar-refractivity contribution < 1.29 is 14.7 Å². The normalized spacial score (nSPS) is 11.1. The lowest BCUT2D eigenvalue weighted by molar-refractivity contribution is -0.112. The van der Waals surface area contributed by atoms with E-state index in [1.54, 1.807) is 16.7 Å². The predicted molar refractivity (Wildman–Crippen MR) is 121 cm³/mol. The third-order valence-corrected chi connectivity index (χ3v) is 5.28. The highest BCUT2D eigenvalue weighted by atomic mass is 35.5. The SMILES string of the molecule is Cc1ccccc1NC(=O)/C(C#N)=C/c1cc(C)n(-c2cc(C(=O)O)ccc2Cl)c1C. The molecule has 0 radical (unpaired) electrons. The van der Waals surface area contributed by atoms with Gasteiger partial charge in [-0.3, -0.25) is 4.79 Å². The minimum Gasteiger partial charge on any atom is -0.478 e. The van der Waals surface area contributed by atoms with Crippen LogP contribution in [0.3, 0.4) is 0 Å². The Hall–Kier alpha value is -3.82. The number of carbonyl (C=O) groups excluding carboxylic acids is 1. The molecule has 156 valence electrons. The Morgan fingerprint density at radius 3 is 2.48 bits per heavy atom. The van der Waals surface area contributed by atoms with Gasteiger partial charge in [-0.05, 0) is 68.3 Å². The summed E-state index contributed by atoms with van der Waals surface area (Å²) in [5.41, 5.74) is 4.26. The second kappa shape index (κ2) is 8.90. The summed E-state index contributed by atoms with van der Waals surface area (Å²) in [6, 6.07) is 15.5. The summed E-state index contributed by atoms with van der Waals surface area (Å²) in [6.45, 7) is 5.53. The molecule has 1 aromatic heterocycles. The molecule has 3 rings (SSSR count). The van der Waals surface area contributed by atoms with Crippen LogP contribution in [0, 0.1) is 32.1 Å². The highest BCUT2D eigenvalue weighted by Gasteiger charge is 2.17. The molecular weight excluding hydrogens is 414 g/mol. The van der Waals surface area contributed by atoms with Gasteiger partial charge in [0.1, 0.15) is 11.6 Å². The lowest BCUT2D eigenvalue weighted by atomic mass is 10.1. The molecule has 1 amide bonds. The monoisotopic (exact) mass is 433 g/mol. The summed E-state index contributed by atoms with van der Waals surface area (Å²) in [7, 11) is 0. The van der Waals surface area contributed by atoms with Crippen LogP contribution in [0.2, 0.25) is 5.02 Å². The summed E-state index contributed by atoms with van der Waals surface area (Å²) in [5.74, 6) is -1.56. The van der Waals surface area contributed by atoms with Gasteiger partial charge in [0, 0.05) is 17.1 Å². The number of amides is 1. The van der Waals surface area contributed by atoms with Crippen molar-refractivity contribution in [2.24, 2.45) is 0 Å². The first-order valence-corrected chi connectivity index (χ1v) is 9.81. The highest BCUT2D eigenvalue weighted by Crippen LogP contribution is 2.29. The van der Waals surface area contributed by atoms with E-state index in [0.717, 1.165) is 17.0 Å². The number of aromatic carboxylic acids is 1. The fraction of sp³-hybridized carbons (Fsp3) is 0.125. The molecule has 0 fully saturated rings. The number of halogens is 1. The molecule has 3 aromatic rings. The number of carbonyl (C=O) groups is 2. The van der Waals surface area contributed by atoms with Crippen molar-refractivity contribution >= 4 is 35.2 Å². The zero-order chi connectivity index (χ0) is 22.7. The second-order valence-corrected chi connectivity index (χ2v) is 7.48. The van der Waals surface area contributed by atoms with E-state index in [4.69, 9.17) is 11.6 Å². The molecule has 6 nitrogen and oxygen atoms in total. The van der Waals surface area contributed by atoms with E-state index in [1.807, 2.05) is 45.0 Å². The van der Waals surface area contributed by atoms with Crippen LogP contribution in [0.4, 0.5) is 5.69 Å². The molecule has 0 aliphatic heterocycles. The number of aryl methyl sites for hydroxylation is 2. The van der Waals surface area contributed by atoms with Gasteiger partial charge in [0.05, 0.1) is 16.3 Å². The third kappa shape index (κ3) is 4.52. The van der Waals surface area contributed by atoms with Crippen molar-refractivity contribution in [3.8, 4) is 11.8 Å². The van der Waals surface area contributed by atoms with Crippen LogP contribution in [0.15, 0.2) is 54.1 Å². The number of hydrogen-bond donors (Lipinski definition) is 2. The van der Waals surface area contributed by atoms with E-state index in [0.29, 0.717) is 22.0 Å². The molecule has 0 aliphatic rings. The van der Waals surface area contributed by atoms with E-state index in [1.165, 1.54) is 24.3 Å². The average molecular weight is 434 g/mol. The van der Waals surface area contributed by atoms with Gasteiger partial charge in [0.2, 0.25) is 0 Å². The summed E-state index contributed by atoms with van der Waals surface area (Å²) in [5, 5.41) is 22.0. The first kappa shape index (κ1) is 21.9. The van der Waals surface area contributed by atoms with Gasteiger partial charge in [0.25, 0.3) is 5.91 Å². The summed E-state index contributed by atoms with van der Waals surface area (Å²) in [6.07, 6.45) is 1.52. The summed E-state index contributed by atoms with van der Waals surface area (Å²) < 4.78 is 1.80. The van der Waals surface area contributed by atoms with E-state index >= 15 is 0 Å². The van der Waals surface area contributed by atoms with E-state index in [9.17, 15) is 20.0 Å². The lowest BCUT2D eigenvalue weighted by Gasteiger charge is -2.12. The number of nitriles is 1. The number of carboxylic acid groups (broad SMARTS) is 1. The summed E-state index contributed by atoms with van der Waals surface area (Å²) >= 11 is 6.33. The summed E-state index contributed by atoms with van der Waals surface area (Å²) in [4.78, 5) is 24.0. The predicted octanol–water partition coefficient (Wildman–Crippen LogP) is 5.30. The molecule has 0 saturated carbocycles. The largest absolute Gasteiger partial charge is 0.478 e. The Bertz CT molecular complexity index is 1270. The molecule has 2 aromatic carbocycles. The number of carboxylic acids is 1. The van der Waals surface area contributed by atoms with Crippen molar-refractivity contribution in [2.45, 2.75) is 20.8 Å². The highest BCUT2D eigenvalue weighted by molar-refractivity contribution is 6.32. The van der Waals surface area contributed by atoms with Gasteiger partial charge in [-0.25, -0.2) is 4.79 Å². The number of hydrogen-bond acceptors (Lipinski definition) is 3. The molecule has 1 heterocycles. The maximum absolute atomic E-state index is 12.7. The minimum absolute atomic E-state index is 0.0473. The molecule has 0 spiro atoms. The Morgan fingerprint density at radius 1 is 1.13 bits per heavy atom. The number of para-hydroxylation sites is 1. The Morgan fingerprint density at radius 2 is 1.84 bits per heavy atom. The van der Waals surface area contributed by atoms with Crippen LogP contribution >= 0.6 is 11.6 Å². The van der Waals surface area contributed by atoms with Gasteiger partial charge in [-0.2, -0.15) is 5.26 Å². The Kier molecular flexibility index (Phi) is 6.28. The third-order valence-electron chi connectivity index (χ3n) is 4.96. The fourth-order valence-electron chi connectivity index (χ4n) is 3.33. The number of rotatable bonds is 5. The van der Waals surface area contributed by atoms with Crippen molar-refractivity contribution in [1.82, 2.24) is 4.57 Å². The molecule has 0 bridgehead atoms. The van der Waals surface area contributed by atoms with Crippen molar-refractivity contribution in [3.05, 3.63) is 87.2 Å². The zero-order valence-corrected chi connectivity index (χ0v) is 18.0. The Labute approximate surface area is 185 Å². The molecule has 0 unspecified atom stereocenters. The topological polar surface area (TPSA) is 95.1 Å². The number of nitrogens with one attached hydrogen (secondary N) is 1. The van der Waals surface area contributed by atoms with Gasteiger partial charge in [-0.15, -0.1) is 0 Å². The number of aromatic nitrogens is 1. The molecule has 0 saturated heterocycles. The van der Waals surface area contributed by atoms with Gasteiger partial charge in [0.15, 0.2) is 0 Å². The molecule has 2 N–H and O–H groups in total. The maximum atomic E-state index is 12.7. The van der Waals surface area contributed by atoms with Crippen molar-refractivity contribution in [3.63, 3.8) is 0 Å². The fourth-order valence-corrected chi connectivity index (χ4v) is 3.53. The van der Waals surface area contributed by atoms with Gasteiger partial charge >= 0.3 is 5.97 Å². The molecule has 7 heteroatoms. The van der Waals surface area contributed by atoms with Crippen LogP contribution in [0.25, 0.3) is 11.8 Å². The van der Waals surface area contributed by atoms with Gasteiger partial charge < -0.3 is 15.0 Å². The van der Waals surface area contributed by atoms with Crippen LogP contribution in [0.5, 0.6) is 0 Å². The number of nitrogens with zero attached hydrogens (tertiary/aromatic N) is 2. The van der Waals surface area contributed by atoms with Gasteiger partial charge in [-0.1, -0.05) is 29.8 Å². The maximum Gasteiger partial charge on any atom is 0.335 e. The minimum atomic E-state index is -1.06. The second-order valence-electron chi connectivity index (χ2n) is 7.07. The van der Waals surface area contributed by atoms with Crippen LogP contribution in [-0.4, -0.2) is 21.6 Å². The van der Waals surface area contributed by atoms with E-state index in [2.05, 4.69) is 5.32 Å². The Balaban J connectivity index is 2.01. The quantitative estimate of drug-likeness (QED) is 0.421. The first-order chi connectivity index (χ1) is 14.7. The van der Waals surface area contributed by atoms with Crippen LogP contribution in [-0.2, 0) is 4.79 Å². The van der Waals surface area contributed by atoms with Crippen LogP contribution < -0.4 is 5.32 Å². The zero-order valence-electron chi connectivity index (χ0n) is 17.2. The van der Waals surface area contributed by atoms with Crippen LogP contribution in [0.1, 0.15) is 32.9 Å². The number of benzene rings is 2. The average Bonchev–Trinajstić information content (AvgIpc) is 3.01. The molecular formula is C24H20ClN3O3. The number of anilines is 1. The van der Waals surface area contributed by atoms with E-state index < -0.39 is 11.9 Å². The van der Waals surface area contributed by atoms with Crippen molar-refractivity contribution in [1.29, 1.82) is 5.26 Å². The molecule has 0 atom stereocenters. The van der Waals surface area contributed by atoms with E-state index in [-0.39, 0.29) is 11.1 Å².